The third kappa shape index (κ3) is 19.0. The van der Waals surface area contributed by atoms with E-state index in [0.717, 1.165) is 67.5 Å². The van der Waals surface area contributed by atoms with E-state index in [1.165, 1.54) is 130 Å². The van der Waals surface area contributed by atoms with E-state index in [2.05, 4.69) is 104 Å². The molecule has 0 unspecified atom stereocenters. The molecule has 0 N–H and O–H groups in total. The summed E-state index contributed by atoms with van der Waals surface area (Å²) < 4.78 is 1.51. The maximum absolute atomic E-state index is 11.7. The van der Waals surface area contributed by atoms with E-state index < -0.39 is 0 Å². The molecule has 2 nitrogen and oxygen atoms in total. The van der Waals surface area contributed by atoms with Crippen molar-refractivity contribution >= 4 is 11.4 Å². The molecule has 0 aromatic heterocycles. The fourth-order valence-corrected chi connectivity index (χ4v) is 6.48. The Morgan fingerprint density at radius 1 is 0.500 bits per heavy atom. The van der Waals surface area contributed by atoms with Crippen molar-refractivity contribution in [3.05, 3.63) is 101 Å². The molecule has 0 spiro atoms. The molecule has 50 heavy (non-hydrogen) atoms. The van der Waals surface area contributed by atoms with Crippen LogP contribution in [0.3, 0.4) is 0 Å². The van der Waals surface area contributed by atoms with Gasteiger partial charge >= 0.3 is 16.5 Å². The number of benzene rings is 2. The minimum Gasteiger partial charge on any atom is -0.493 e. The minimum atomic E-state index is 0. The van der Waals surface area contributed by atoms with Crippen molar-refractivity contribution in [3.8, 4) is 0 Å². The molecule has 0 amide bonds. The van der Waals surface area contributed by atoms with Crippen molar-refractivity contribution < 1.29 is 21.2 Å². The zero-order valence-electron chi connectivity index (χ0n) is 33.5. The van der Waals surface area contributed by atoms with Gasteiger partial charge in [0, 0.05) is 22.3 Å². The monoisotopic (exact) mass is 727 g/mol. The smallest absolute Gasteiger partial charge is 0.493 e. The molecule has 1 aliphatic rings. The Labute approximate surface area is 321 Å². The first-order chi connectivity index (χ1) is 23.9. The second kappa shape index (κ2) is 31.7. The van der Waals surface area contributed by atoms with Crippen LogP contribution in [0.4, 0.5) is 0 Å². The van der Waals surface area contributed by atoms with Gasteiger partial charge < -0.3 is 19.4 Å². The molecule has 284 valence electrons. The van der Waals surface area contributed by atoms with E-state index in [1.54, 1.807) is 0 Å². The molecule has 1 aliphatic heterocycles. The van der Waals surface area contributed by atoms with Gasteiger partial charge in [-0.1, -0.05) is 155 Å². The number of rotatable bonds is 23. The number of hydrogen-bond donors (Lipinski definition) is 0. The standard InChI is InChI=1S/C37H54N2.2C5H11.Ni/c1-5-8-11-13-15-17-21-31-23-19-25-33(28-31)36-30(4)35(27-10-7-3)37(39(36)38)34-26-20-24-32(29-34)22-18-16-14-12-9-6-2;2*1-3-5-4-2;/h19-20,23-26,28-29H,5-18,21-22,27H2,1-4H3;2*1,3-5H2,2H3;/q;2*-1;+2. The predicted octanol–water partition coefficient (Wildman–Crippen LogP) is 15.9. The predicted molar refractivity (Wildman–Crippen MR) is 219 cm³/mol. The van der Waals surface area contributed by atoms with E-state index in [4.69, 9.17) is 0 Å². The van der Waals surface area contributed by atoms with Crippen LogP contribution in [0.1, 0.15) is 199 Å². The summed E-state index contributed by atoms with van der Waals surface area (Å²) in [5, 5.41) is 0. The third-order valence-corrected chi connectivity index (χ3v) is 9.54. The first-order valence-electron chi connectivity index (χ1n) is 20.6. The van der Waals surface area contributed by atoms with Crippen molar-refractivity contribution in [2.75, 3.05) is 0 Å². The van der Waals surface area contributed by atoms with Crippen LogP contribution in [0.15, 0.2) is 59.7 Å². The maximum Gasteiger partial charge on any atom is 2.00 e. The van der Waals surface area contributed by atoms with Gasteiger partial charge in [0.05, 0.1) is 0 Å². The molecule has 0 fully saturated rings. The van der Waals surface area contributed by atoms with Gasteiger partial charge in [0.2, 0.25) is 11.4 Å². The molecule has 3 heteroatoms. The zero-order valence-corrected chi connectivity index (χ0v) is 34.5. The van der Waals surface area contributed by atoms with E-state index in [0.29, 0.717) is 0 Å². The van der Waals surface area contributed by atoms with Gasteiger partial charge in [0.25, 0.3) is 0 Å². The van der Waals surface area contributed by atoms with Crippen molar-refractivity contribution in [2.45, 2.75) is 189 Å². The van der Waals surface area contributed by atoms with E-state index in [-0.39, 0.29) is 16.5 Å². The number of nitrogens with zero attached hydrogens (tertiary/aromatic N) is 2. The SMILES string of the molecule is CCCCCCCCc1cccc(C2=C(C)C(CCCC)=C(c3cccc(CCCCCCCC)c3)[N+]2=[N-])c1.[CH2-]CCCC.[CH2-]CCCC.[Ni+2]. The number of unbranched alkanes of at least 4 members (excludes halogenated alkanes) is 15. The number of allylic oxidation sites excluding steroid dienone is 2. The molecular weight excluding hydrogens is 651 g/mol. The number of aryl methyl sites for hydroxylation is 2. The quantitative estimate of drug-likeness (QED) is 0.0471. The summed E-state index contributed by atoms with van der Waals surface area (Å²) in [4.78, 5) is 0. The topological polar surface area (TPSA) is 25.3 Å². The Balaban J connectivity index is 0.00000191. The van der Waals surface area contributed by atoms with Crippen LogP contribution in [0.5, 0.6) is 0 Å². The molecule has 0 aliphatic carbocycles. The average molecular weight is 728 g/mol. The molecule has 0 radical (unpaired) electrons. The molecular formula is C47H76N2Ni. The van der Waals surface area contributed by atoms with Gasteiger partial charge in [-0.15, -0.1) is 0 Å². The zero-order chi connectivity index (χ0) is 36.1. The van der Waals surface area contributed by atoms with Gasteiger partial charge in [0.15, 0.2) is 0 Å². The molecule has 1 heterocycles. The first kappa shape index (κ1) is 48.0. The molecule has 0 atom stereocenters. The summed E-state index contributed by atoms with van der Waals surface area (Å²) in [6.07, 6.45) is 28.6. The van der Waals surface area contributed by atoms with Crippen LogP contribution < -0.4 is 0 Å². The largest absolute Gasteiger partial charge is 2.00 e. The summed E-state index contributed by atoms with van der Waals surface area (Å²) in [5.74, 6) is 0. The number of hydrogen-bond acceptors (Lipinski definition) is 0. The Morgan fingerprint density at radius 3 is 1.30 bits per heavy atom. The summed E-state index contributed by atoms with van der Waals surface area (Å²) in [6, 6.07) is 17.8. The summed E-state index contributed by atoms with van der Waals surface area (Å²) in [6.45, 7) is 20.7. The fraction of sp³-hybridized carbons (Fsp3) is 0.617. The summed E-state index contributed by atoms with van der Waals surface area (Å²) in [5.41, 5.74) is 21.2. The molecule has 0 saturated carbocycles. The second-order valence-electron chi connectivity index (χ2n) is 14.1. The Kier molecular flexibility index (Phi) is 30.5. The van der Waals surface area contributed by atoms with Crippen LogP contribution in [-0.2, 0) is 29.3 Å². The first-order valence-corrected chi connectivity index (χ1v) is 20.6. The van der Waals surface area contributed by atoms with Crippen molar-refractivity contribution in [1.82, 2.24) is 0 Å². The molecule has 2 aromatic carbocycles. The van der Waals surface area contributed by atoms with Crippen molar-refractivity contribution in [3.63, 3.8) is 0 Å². The van der Waals surface area contributed by atoms with Gasteiger partial charge in [0.1, 0.15) is 0 Å². The Hall–Kier alpha value is -1.99. The van der Waals surface area contributed by atoms with Gasteiger partial charge in [-0.25, -0.2) is 4.70 Å². The van der Waals surface area contributed by atoms with Crippen LogP contribution in [0, 0.1) is 13.8 Å². The maximum atomic E-state index is 11.7. The summed E-state index contributed by atoms with van der Waals surface area (Å²) >= 11 is 0. The Bertz CT molecular complexity index is 1200. The molecule has 0 bridgehead atoms. The normalized spacial score (nSPS) is 12.4. The third-order valence-electron chi connectivity index (χ3n) is 9.54. The van der Waals surface area contributed by atoms with E-state index >= 15 is 0 Å². The molecule has 3 rings (SSSR count). The van der Waals surface area contributed by atoms with Crippen LogP contribution >= 0.6 is 0 Å². The molecule has 0 saturated heterocycles. The van der Waals surface area contributed by atoms with Crippen molar-refractivity contribution in [1.29, 1.82) is 0 Å². The van der Waals surface area contributed by atoms with Crippen LogP contribution in [0.25, 0.3) is 16.9 Å². The molecule has 2 aromatic rings. The fourth-order valence-electron chi connectivity index (χ4n) is 6.48. The van der Waals surface area contributed by atoms with Crippen molar-refractivity contribution in [2.24, 2.45) is 0 Å². The van der Waals surface area contributed by atoms with Gasteiger partial charge in [-0.2, -0.15) is 12.8 Å². The summed E-state index contributed by atoms with van der Waals surface area (Å²) in [7, 11) is 0. The van der Waals surface area contributed by atoms with Gasteiger partial charge in [-0.3, -0.25) is 0 Å². The van der Waals surface area contributed by atoms with Crippen LogP contribution in [0.2, 0.25) is 0 Å². The van der Waals surface area contributed by atoms with E-state index in [9.17, 15) is 5.53 Å². The van der Waals surface area contributed by atoms with E-state index in [1.807, 2.05) is 0 Å². The van der Waals surface area contributed by atoms with Crippen LogP contribution in [-0.4, -0.2) is 4.70 Å². The minimum absolute atomic E-state index is 0. The Morgan fingerprint density at radius 2 is 0.900 bits per heavy atom. The average Bonchev–Trinajstić information content (AvgIpc) is 3.36. The second-order valence-corrected chi connectivity index (χ2v) is 14.1. The van der Waals surface area contributed by atoms with Gasteiger partial charge in [-0.05, 0) is 80.8 Å².